The zero-order valence-corrected chi connectivity index (χ0v) is 17.7. The maximum absolute atomic E-state index is 12.8. The summed E-state index contributed by atoms with van der Waals surface area (Å²) in [7, 11) is 0. The second-order valence-electron chi connectivity index (χ2n) is 9.09. The van der Waals surface area contributed by atoms with E-state index in [0.29, 0.717) is 12.3 Å². The van der Waals surface area contributed by atoms with Gasteiger partial charge in [-0.05, 0) is 64.2 Å². The van der Waals surface area contributed by atoms with Crippen molar-refractivity contribution in [2.45, 2.75) is 68.7 Å². The Morgan fingerprint density at radius 3 is 2.15 bits per heavy atom. The van der Waals surface area contributed by atoms with Crippen molar-refractivity contribution in [2.75, 3.05) is 0 Å². The fourth-order valence-corrected chi connectivity index (χ4v) is 5.40. The number of ketones is 1. The van der Waals surface area contributed by atoms with Crippen LogP contribution in [0.25, 0.3) is 0 Å². The number of hydrogen-bond acceptors (Lipinski definition) is 3. The van der Waals surface area contributed by atoms with Gasteiger partial charge in [-0.25, -0.2) is 0 Å². The molecule has 0 saturated carbocycles. The van der Waals surface area contributed by atoms with E-state index in [9.17, 15) is 4.79 Å². The maximum atomic E-state index is 12.8. The summed E-state index contributed by atoms with van der Waals surface area (Å²) in [6, 6.07) is 18.6. The Hall–Kier alpha value is -1.58. The molecule has 3 heteroatoms. The minimum absolute atomic E-state index is 0.0885. The van der Waals surface area contributed by atoms with Gasteiger partial charge in [-0.3, -0.25) is 4.79 Å². The second-order valence-corrected chi connectivity index (χ2v) is 10.1. The predicted octanol–water partition coefficient (Wildman–Crippen LogP) is 6.11. The third kappa shape index (κ3) is 5.95. The molecule has 1 aliphatic heterocycles. The Morgan fingerprint density at radius 1 is 0.963 bits per heavy atom. The van der Waals surface area contributed by atoms with Crippen molar-refractivity contribution >= 4 is 17.5 Å². The molecule has 2 nitrogen and oxygen atoms in total. The molecule has 0 atom stereocenters. The highest BCUT2D eigenvalue weighted by molar-refractivity contribution is 7.98. The summed E-state index contributed by atoms with van der Waals surface area (Å²) in [6.07, 6.45) is 2.74. The molecule has 2 aromatic carbocycles. The Labute approximate surface area is 168 Å². The first-order valence-electron chi connectivity index (χ1n) is 9.82. The van der Waals surface area contributed by atoms with Crippen LogP contribution >= 0.6 is 11.8 Å². The molecule has 1 fully saturated rings. The zero-order valence-electron chi connectivity index (χ0n) is 16.9. The molecule has 0 spiro atoms. The van der Waals surface area contributed by atoms with Crippen LogP contribution in [-0.2, 0) is 5.75 Å². The van der Waals surface area contributed by atoms with E-state index in [1.807, 2.05) is 30.0 Å². The topological polar surface area (TPSA) is 29.1 Å². The van der Waals surface area contributed by atoms with E-state index in [1.54, 1.807) is 0 Å². The number of hydrogen-bond donors (Lipinski definition) is 1. The number of carbonyl (C=O) groups excluding carboxylic acids is 1. The van der Waals surface area contributed by atoms with Crippen LogP contribution in [0.15, 0.2) is 59.5 Å². The van der Waals surface area contributed by atoms with Gasteiger partial charge in [-0.15, -0.1) is 11.8 Å². The molecule has 1 saturated heterocycles. The van der Waals surface area contributed by atoms with Gasteiger partial charge in [0.1, 0.15) is 0 Å². The highest BCUT2D eigenvalue weighted by Crippen LogP contribution is 2.35. The lowest BCUT2D eigenvalue weighted by atomic mass is 9.74. The molecule has 0 aliphatic carbocycles. The molecule has 0 aromatic heterocycles. The molecular formula is C24H31NOS. The van der Waals surface area contributed by atoms with Crippen molar-refractivity contribution < 1.29 is 4.79 Å². The number of piperidine rings is 1. The van der Waals surface area contributed by atoms with E-state index in [2.05, 4.69) is 69.4 Å². The average molecular weight is 382 g/mol. The number of carbonyl (C=O) groups is 1. The number of Topliss-reactive ketones (excluding diaryl/α,β-unsaturated/α-hetero) is 1. The molecule has 0 amide bonds. The minimum Gasteiger partial charge on any atom is -0.307 e. The van der Waals surface area contributed by atoms with Gasteiger partial charge in [0, 0.05) is 33.7 Å². The zero-order chi connectivity index (χ0) is 19.5. The molecule has 0 bridgehead atoms. The summed E-state index contributed by atoms with van der Waals surface area (Å²) in [6.45, 7) is 8.96. The highest BCUT2D eigenvalue weighted by atomic mass is 32.2. The van der Waals surface area contributed by atoms with Crippen LogP contribution in [0, 0.1) is 5.92 Å². The number of rotatable bonds is 6. The lowest BCUT2D eigenvalue weighted by Gasteiger charge is -2.46. The first kappa shape index (κ1) is 20.2. The van der Waals surface area contributed by atoms with E-state index < -0.39 is 0 Å². The first-order chi connectivity index (χ1) is 12.7. The minimum atomic E-state index is 0.0885. The lowest BCUT2D eigenvalue weighted by Crippen LogP contribution is -2.57. The fraction of sp³-hybridized carbons (Fsp3) is 0.458. The number of thioether (sulfide) groups is 1. The van der Waals surface area contributed by atoms with Gasteiger partial charge in [0.05, 0.1) is 0 Å². The van der Waals surface area contributed by atoms with Crippen molar-refractivity contribution in [3.05, 3.63) is 65.7 Å². The Balaban J connectivity index is 1.57. The van der Waals surface area contributed by atoms with Crippen molar-refractivity contribution in [3.8, 4) is 0 Å². The Morgan fingerprint density at radius 2 is 1.56 bits per heavy atom. The fourth-order valence-electron chi connectivity index (χ4n) is 4.53. The van der Waals surface area contributed by atoms with E-state index in [4.69, 9.17) is 0 Å². The Bertz CT molecular complexity index is 749. The van der Waals surface area contributed by atoms with Crippen molar-refractivity contribution in [3.63, 3.8) is 0 Å². The number of benzene rings is 2. The SMILES string of the molecule is CC1(C)CC(CC(=O)c2ccc(CSc3ccccc3)cc2)CC(C)(C)N1. The van der Waals surface area contributed by atoms with Gasteiger partial charge < -0.3 is 5.32 Å². The summed E-state index contributed by atoms with van der Waals surface area (Å²) in [5, 5.41) is 3.70. The van der Waals surface area contributed by atoms with Crippen LogP contribution in [0.4, 0.5) is 0 Å². The summed E-state index contributed by atoms with van der Waals surface area (Å²) < 4.78 is 0. The van der Waals surface area contributed by atoms with E-state index in [1.165, 1.54) is 10.5 Å². The lowest BCUT2D eigenvalue weighted by molar-refractivity contribution is 0.0864. The van der Waals surface area contributed by atoms with Crippen LogP contribution in [-0.4, -0.2) is 16.9 Å². The molecule has 144 valence electrons. The third-order valence-corrected chi connectivity index (χ3v) is 6.26. The monoisotopic (exact) mass is 381 g/mol. The van der Waals surface area contributed by atoms with Crippen molar-refractivity contribution in [1.82, 2.24) is 5.32 Å². The predicted molar refractivity (Wildman–Crippen MR) is 115 cm³/mol. The van der Waals surface area contributed by atoms with Gasteiger partial charge in [0.2, 0.25) is 0 Å². The van der Waals surface area contributed by atoms with Crippen LogP contribution in [0.1, 0.15) is 62.9 Å². The smallest absolute Gasteiger partial charge is 0.163 e. The quantitative estimate of drug-likeness (QED) is 0.483. The maximum Gasteiger partial charge on any atom is 0.163 e. The van der Waals surface area contributed by atoms with Gasteiger partial charge in [0.25, 0.3) is 0 Å². The Kier molecular flexibility index (Phi) is 6.12. The molecule has 0 radical (unpaired) electrons. The van der Waals surface area contributed by atoms with Crippen LogP contribution in [0.5, 0.6) is 0 Å². The summed E-state index contributed by atoms with van der Waals surface area (Å²) in [5.74, 6) is 1.64. The first-order valence-corrected chi connectivity index (χ1v) is 10.8. The summed E-state index contributed by atoms with van der Waals surface area (Å²) in [5.41, 5.74) is 2.28. The van der Waals surface area contributed by atoms with Gasteiger partial charge in [0.15, 0.2) is 5.78 Å². The average Bonchev–Trinajstić information content (AvgIpc) is 2.58. The third-order valence-electron chi connectivity index (χ3n) is 5.17. The van der Waals surface area contributed by atoms with Gasteiger partial charge >= 0.3 is 0 Å². The molecule has 2 aromatic rings. The molecule has 1 heterocycles. The second kappa shape index (κ2) is 8.20. The molecule has 27 heavy (non-hydrogen) atoms. The summed E-state index contributed by atoms with van der Waals surface area (Å²) >= 11 is 1.82. The van der Waals surface area contributed by atoms with Gasteiger partial charge in [-0.2, -0.15) is 0 Å². The van der Waals surface area contributed by atoms with Crippen molar-refractivity contribution in [2.24, 2.45) is 5.92 Å². The summed E-state index contributed by atoms with van der Waals surface area (Å²) in [4.78, 5) is 14.1. The standard InChI is InChI=1S/C24H31NOS/c1-23(2)15-19(16-24(3,4)25-23)14-22(26)20-12-10-18(11-13-20)17-27-21-8-6-5-7-9-21/h5-13,19,25H,14-17H2,1-4H3. The molecule has 3 rings (SSSR count). The van der Waals surface area contributed by atoms with Crippen LogP contribution < -0.4 is 5.32 Å². The molecular weight excluding hydrogens is 350 g/mol. The molecule has 0 unspecified atom stereocenters. The van der Waals surface area contributed by atoms with Gasteiger partial charge in [-0.1, -0.05) is 42.5 Å². The largest absolute Gasteiger partial charge is 0.307 e. The number of nitrogens with one attached hydrogen (secondary N) is 1. The van der Waals surface area contributed by atoms with E-state index in [-0.39, 0.29) is 16.9 Å². The van der Waals surface area contributed by atoms with Crippen LogP contribution in [0.3, 0.4) is 0 Å². The van der Waals surface area contributed by atoms with Crippen molar-refractivity contribution in [1.29, 1.82) is 0 Å². The highest BCUT2D eigenvalue weighted by Gasteiger charge is 2.38. The van der Waals surface area contributed by atoms with E-state index in [0.717, 1.165) is 24.2 Å². The molecule has 1 aliphatic rings. The van der Waals surface area contributed by atoms with E-state index >= 15 is 0 Å². The van der Waals surface area contributed by atoms with Crippen LogP contribution in [0.2, 0.25) is 0 Å². The normalized spacial score (nSPS) is 19.0. The molecule has 1 N–H and O–H groups in total.